The zero-order valence-corrected chi connectivity index (χ0v) is 12.2. The van der Waals surface area contributed by atoms with Crippen LogP contribution in [0.25, 0.3) is 11.5 Å². The molecule has 1 heterocycles. The largest absolute Gasteiger partial charge is 0.334 e. The Morgan fingerprint density at radius 3 is 2.65 bits per heavy atom. The molecular formula is C16H19FN2O. The fourth-order valence-corrected chi connectivity index (χ4v) is 3.51. The van der Waals surface area contributed by atoms with Gasteiger partial charge in [0.15, 0.2) is 5.82 Å². The fraction of sp³-hybridized carbons (Fsp3) is 0.500. The summed E-state index contributed by atoms with van der Waals surface area (Å²) in [4.78, 5) is 4.47. The van der Waals surface area contributed by atoms with Crippen molar-refractivity contribution in [2.75, 3.05) is 0 Å². The van der Waals surface area contributed by atoms with E-state index in [1.165, 1.54) is 12.1 Å². The third-order valence-corrected chi connectivity index (χ3v) is 4.42. The summed E-state index contributed by atoms with van der Waals surface area (Å²) in [6.07, 6.45) is 0. The highest BCUT2D eigenvalue weighted by atomic mass is 19.1. The zero-order chi connectivity index (χ0) is 14.5. The van der Waals surface area contributed by atoms with E-state index in [9.17, 15) is 4.39 Å². The molecule has 1 aliphatic rings. The van der Waals surface area contributed by atoms with Gasteiger partial charge in [-0.25, -0.2) is 4.39 Å². The molecule has 0 amide bonds. The molecule has 3 nitrogen and oxygen atoms in total. The molecule has 1 aromatic heterocycles. The van der Waals surface area contributed by atoms with Crippen molar-refractivity contribution >= 4 is 0 Å². The molecule has 0 bridgehead atoms. The van der Waals surface area contributed by atoms with Crippen LogP contribution in [0.15, 0.2) is 28.8 Å². The summed E-state index contributed by atoms with van der Waals surface area (Å²) in [5.74, 6) is 2.33. The molecular weight excluding hydrogens is 255 g/mol. The van der Waals surface area contributed by atoms with E-state index in [0.29, 0.717) is 29.2 Å². The van der Waals surface area contributed by atoms with Crippen LogP contribution in [0, 0.1) is 23.1 Å². The second-order valence-electron chi connectivity index (χ2n) is 6.54. The number of hydrogen-bond donors (Lipinski definition) is 0. The first kappa shape index (κ1) is 13.3. The zero-order valence-electron chi connectivity index (χ0n) is 12.2. The molecule has 0 saturated heterocycles. The average molecular weight is 274 g/mol. The van der Waals surface area contributed by atoms with E-state index in [4.69, 9.17) is 4.52 Å². The topological polar surface area (TPSA) is 38.9 Å². The number of nitrogens with zero attached hydrogens (tertiary/aromatic N) is 2. The van der Waals surface area contributed by atoms with E-state index in [2.05, 4.69) is 37.8 Å². The van der Waals surface area contributed by atoms with Gasteiger partial charge in [-0.3, -0.25) is 0 Å². The first-order chi connectivity index (χ1) is 9.41. The molecule has 106 valence electrons. The summed E-state index contributed by atoms with van der Waals surface area (Å²) >= 11 is 0. The molecule has 0 unspecified atom stereocenters. The molecule has 2 atom stereocenters. The molecule has 1 saturated carbocycles. The van der Waals surface area contributed by atoms with Crippen molar-refractivity contribution in [1.82, 2.24) is 10.1 Å². The molecule has 2 aromatic rings. The Kier molecular flexibility index (Phi) is 2.92. The Balaban J connectivity index is 1.89. The minimum atomic E-state index is -0.297. The summed E-state index contributed by atoms with van der Waals surface area (Å²) in [6, 6.07) is 6.24. The van der Waals surface area contributed by atoms with Crippen LogP contribution in [0.1, 0.15) is 39.4 Å². The van der Waals surface area contributed by atoms with Crippen molar-refractivity contribution in [2.24, 2.45) is 17.3 Å². The third kappa shape index (κ3) is 2.03. The van der Waals surface area contributed by atoms with Gasteiger partial charge in [0.2, 0.25) is 0 Å². The Hall–Kier alpha value is -1.71. The number of rotatable bonds is 3. The lowest BCUT2D eigenvalue weighted by molar-refractivity contribution is 0.419. The fourth-order valence-electron chi connectivity index (χ4n) is 3.51. The van der Waals surface area contributed by atoms with E-state index in [0.717, 1.165) is 5.82 Å². The van der Waals surface area contributed by atoms with Gasteiger partial charge in [-0.1, -0.05) is 38.9 Å². The van der Waals surface area contributed by atoms with Gasteiger partial charge < -0.3 is 4.52 Å². The van der Waals surface area contributed by atoms with Gasteiger partial charge in [0, 0.05) is 11.5 Å². The van der Waals surface area contributed by atoms with E-state index in [1.807, 2.05) is 0 Å². The molecule has 0 N–H and O–H groups in total. The number of halogens is 1. The van der Waals surface area contributed by atoms with E-state index in [1.54, 1.807) is 12.1 Å². The SMILES string of the molecule is CC(C)[C@@H]1[C@@H](c2noc(-c3cccc(F)c3)n2)C1(C)C. The molecule has 1 aromatic carbocycles. The molecule has 1 fully saturated rings. The maximum absolute atomic E-state index is 13.2. The van der Waals surface area contributed by atoms with Gasteiger partial charge in [-0.2, -0.15) is 4.98 Å². The van der Waals surface area contributed by atoms with Gasteiger partial charge in [0.25, 0.3) is 5.89 Å². The molecule has 0 radical (unpaired) electrons. The van der Waals surface area contributed by atoms with Crippen LogP contribution in [-0.4, -0.2) is 10.1 Å². The number of benzene rings is 1. The van der Waals surface area contributed by atoms with Crippen LogP contribution in [0.3, 0.4) is 0 Å². The molecule has 4 heteroatoms. The molecule has 0 spiro atoms. The molecule has 0 aliphatic heterocycles. The van der Waals surface area contributed by atoms with Crippen LogP contribution in [0.4, 0.5) is 4.39 Å². The normalized spacial score (nSPS) is 24.1. The van der Waals surface area contributed by atoms with Crippen LogP contribution in [0.5, 0.6) is 0 Å². The monoisotopic (exact) mass is 274 g/mol. The highest BCUT2D eigenvalue weighted by Crippen LogP contribution is 2.66. The Morgan fingerprint density at radius 1 is 1.30 bits per heavy atom. The lowest BCUT2D eigenvalue weighted by atomic mass is 10.0. The Labute approximate surface area is 118 Å². The summed E-state index contributed by atoms with van der Waals surface area (Å²) in [6.45, 7) is 8.92. The summed E-state index contributed by atoms with van der Waals surface area (Å²) < 4.78 is 18.5. The third-order valence-electron chi connectivity index (χ3n) is 4.42. The highest BCUT2D eigenvalue weighted by molar-refractivity contribution is 5.52. The van der Waals surface area contributed by atoms with Crippen LogP contribution in [0.2, 0.25) is 0 Å². The molecule has 20 heavy (non-hydrogen) atoms. The van der Waals surface area contributed by atoms with Gasteiger partial charge in [0.05, 0.1) is 0 Å². The predicted molar refractivity (Wildman–Crippen MR) is 74.5 cm³/mol. The second kappa shape index (κ2) is 4.40. The van der Waals surface area contributed by atoms with Gasteiger partial charge in [0.1, 0.15) is 5.82 Å². The Bertz CT molecular complexity index is 633. The lowest BCUT2D eigenvalue weighted by Crippen LogP contribution is -1.96. The maximum Gasteiger partial charge on any atom is 0.258 e. The first-order valence-corrected chi connectivity index (χ1v) is 7.01. The smallest absolute Gasteiger partial charge is 0.258 e. The van der Waals surface area contributed by atoms with Crippen molar-refractivity contribution < 1.29 is 8.91 Å². The van der Waals surface area contributed by atoms with Crippen molar-refractivity contribution in [3.63, 3.8) is 0 Å². The number of aromatic nitrogens is 2. The summed E-state index contributed by atoms with van der Waals surface area (Å²) in [5.41, 5.74) is 0.834. The maximum atomic E-state index is 13.2. The van der Waals surface area contributed by atoms with E-state index in [-0.39, 0.29) is 11.2 Å². The number of hydrogen-bond acceptors (Lipinski definition) is 3. The Morgan fingerprint density at radius 2 is 2.05 bits per heavy atom. The molecule has 3 rings (SSSR count). The van der Waals surface area contributed by atoms with Crippen molar-refractivity contribution in [2.45, 2.75) is 33.6 Å². The van der Waals surface area contributed by atoms with Crippen molar-refractivity contribution in [1.29, 1.82) is 0 Å². The van der Waals surface area contributed by atoms with Crippen molar-refractivity contribution in [3.8, 4) is 11.5 Å². The molecule has 1 aliphatic carbocycles. The first-order valence-electron chi connectivity index (χ1n) is 7.01. The van der Waals surface area contributed by atoms with E-state index >= 15 is 0 Å². The van der Waals surface area contributed by atoms with Gasteiger partial charge in [-0.05, 0) is 35.4 Å². The van der Waals surface area contributed by atoms with Gasteiger partial charge in [-0.15, -0.1) is 0 Å². The standard InChI is InChI=1S/C16H19FN2O/c1-9(2)12-13(16(12,3)4)14-18-15(20-19-14)10-6-5-7-11(17)8-10/h5-9,12-13H,1-4H3/t12-,13+/m1/s1. The second-order valence-corrected chi connectivity index (χ2v) is 6.54. The predicted octanol–water partition coefficient (Wildman–Crippen LogP) is 4.27. The van der Waals surface area contributed by atoms with Crippen LogP contribution < -0.4 is 0 Å². The van der Waals surface area contributed by atoms with Crippen molar-refractivity contribution in [3.05, 3.63) is 35.9 Å². The van der Waals surface area contributed by atoms with Crippen LogP contribution in [-0.2, 0) is 0 Å². The minimum absolute atomic E-state index is 0.206. The lowest BCUT2D eigenvalue weighted by Gasteiger charge is -2.04. The minimum Gasteiger partial charge on any atom is -0.334 e. The highest BCUT2D eigenvalue weighted by Gasteiger charge is 2.61. The van der Waals surface area contributed by atoms with E-state index < -0.39 is 0 Å². The van der Waals surface area contributed by atoms with Crippen LogP contribution >= 0.6 is 0 Å². The van der Waals surface area contributed by atoms with Gasteiger partial charge >= 0.3 is 0 Å². The average Bonchev–Trinajstić information content (AvgIpc) is 2.73. The summed E-state index contributed by atoms with van der Waals surface area (Å²) in [5, 5.41) is 4.10. The summed E-state index contributed by atoms with van der Waals surface area (Å²) in [7, 11) is 0. The quantitative estimate of drug-likeness (QED) is 0.839.